The van der Waals surface area contributed by atoms with Gasteiger partial charge in [0.2, 0.25) is 0 Å². The maximum absolute atomic E-state index is 13.8. The van der Waals surface area contributed by atoms with E-state index in [4.69, 9.17) is 11.6 Å². The van der Waals surface area contributed by atoms with Crippen molar-refractivity contribution in [3.05, 3.63) is 70.8 Å². The highest BCUT2D eigenvalue weighted by molar-refractivity contribution is 6.30. The molecule has 0 aliphatic rings. The molecule has 178 valence electrons. The van der Waals surface area contributed by atoms with E-state index in [1.165, 1.54) is 12.3 Å². The molecule has 0 saturated heterocycles. The molecule has 1 aromatic carbocycles. The molecular formula is C23H22ClF3N6O. The zero-order chi connectivity index (χ0) is 24.5. The van der Waals surface area contributed by atoms with Crippen molar-refractivity contribution < 1.29 is 18.0 Å². The number of halogens is 4. The van der Waals surface area contributed by atoms with E-state index >= 15 is 0 Å². The average Bonchev–Trinajstić information content (AvgIpc) is 3.41. The third-order valence-electron chi connectivity index (χ3n) is 5.27. The molecule has 1 N–H and O–H groups in total. The predicted octanol–water partition coefficient (Wildman–Crippen LogP) is 5.21. The van der Waals surface area contributed by atoms with Crippen LogP contribution in [-0.2, 0) is 12.7 Å². The number of nitrogens with zero attached hydrogens (tertiary/aromatic N) is 5. The number of hydrogen-bond donors (Lipinski definition) is 1. The van der Waals surface area contributed by atoms with E-state index < -0.39 is 17.8 Å². The zero-order valence-electron chi connectivity index (χ0n) is 18.5. The average molecular weight is 491 g/mol. The Labute approximate surface area is 198 Å². The first-order valence-corrected chi connectivity index (χ1v) is 11.0. The summed E-state index contributed by atoms with van der Waals surface area (Å²) in [7, 11) is 0. The Hall–Kier alpha value is -3.40. The summed E-state index contributed by atoms with van der Waals surface area (Å²) in [6, 6.07) is 9.42. The Morgan fingerprint density at radius 3 is 2.53 bits per heavy atom. The molecule has 0 fully saturated rings. The Bertz CT molecular complexity index is 1310. The maximum atomic E-state index is 13.8. The number of carbonyl (C=O) groups excluding carboxylic acids is 1. The number of rotatable bonds is 7. The van der Waals surface area contributed by atoms with Gasteiger partial charge in [0.15, 0.2) is 17.0 Å². The number of aryl methyl sites for hydroxylation is 1. The quantitative estimate of drug-likeness (QED) is 0.361. The van der Waals surface area contributed by atoms with Crippen molar-refractivity contribution in [1.29, 1.82) is 0 Å². The number of fused-ring (bicyclic) bond motifs is 1. The number of carbonyl (C=O) groups is 1. The lowest BCUT2D eigenvalue weighted by molar-refractivity contribution is -0.142. The van der Waals surface area contributed by atoms with Gasteiger partial charge in [-0.2, -0.15) is 23.4 Å². The molecule has 3 aromatic heterocycles. The van der Waals surface area contributed by atoms with Crippen LogP contribution in [0, 0.1) is 0 Å². The lowest BCUT2D eigenvalue weighted by atomic mass is 10.0. The molecule has 7 nitrogen and oxygen atoms in total. The minimum Gasteiger partial charge on any atom is -0.351 e. The number of amides is 1. The molecule has 0 aliphatic carbocycles. The molecule has 11 heteroatoms. The molecule has 0 saturated carbocycles. The Kier molecular flexibility index (Phi) is 6.60. The van der Waals surface area contributed by atoms with E-state index in [0.717, 1.165) is 11.6 Å². The molecule has 0 unspecified atom stereocenters. The van der Waals surface area contributed by atoms with E-state index in [-0.39, 0.29) is 23.6 Å². The van der Waals surface area contributed by atoms with Crippen molar-refractivity contribution in [1.82, 2.24) is 29.7 Å². The van der Waals surface area contributed by atoms with Crippen LogP contribution >= 0.6 is 11.6 Å². The SMILES string of the molecule is CC(C)c1ccc(-c2cc(C(F)(F)F)n3nc(C(=O)NCCCn4cc(Cl)cn4)cc3n2)cc1. The molecule has 4 aromatic rings. The van der Waals surface area contributed by atoms with Crippen molar-refractivity contribution in [3.8, 4) is 11.3 Å². The summed E-state index contributed by atoms with van der Waals surface area (Å²) < 4.78 is 43.7. The highest BCUT2D eigenvalue weighted by atomic mass is 35.5. The summed E-state index contributed by atoms with van der Waals surface area (Å²) in [5.41, 5.74) is 0.555. The lowest BCUT2D eigenvalue weighted by Crippen LogP contribution is -2.26. The van der Waals surface area contributed by atoms with Gasteiger partial charge in [0.25, 0.3) is 5.91 Å². The summed E-state index contributed by atoms with van der Waals surface area (Å²) in [5.74, 6) is -0.288. The van der Waals surface area contributed by atoms with Gasteiger partial charge in [-0.1, -0.05) is 49.7 Å². The van der Waals surface area contributed by atoms with E-state index in [2.05, 4.69) is 20.5 Å². The van der Waals surface area contributed by atoms with Crippen molar-refractivity contribution in [2.24, 2.45) is 0 Å². The molecule has 0 spiro atoms. The fourth-order valence-electron chi connectivity index (χ4n) is 3.47. The predicted molar refractivity (Wildman–Crippen MR) is 122 cm³/mol. The van der Waals surface area contributed by atoms with Gasteiger partial charge in [-0.05, 0) is 24.0 Å². The smallest absolute Gasteiger partial charge is 0.351 e. The largest absolute Gasteiger partial charge is 0.433 e. The van der Waals surface area contributed by atoms with Gasteiger partial charge >= 0.3 is 6.18 Å². The topological polar surface area (TPSA) is 77.1 Å². The number of benzene rings is 1. The molecule has 1 amide bonds. The number of hydrogen-bond acceptors (Lipinski definition) is 4. The summed E-state index contributed by atoms with van der Waals surface area (Å²) in [5, 5.41) is 11.1. The van der Waals surface area contributed by atoms with Crippen molar-refractivity contribution >= 4 is 23.2 Å². The molecule has 0 atom stereocenters. The van der Waals surface area contributed by atoms with Crippen LogP contribution in [-0.4, -0.2) is 36.8 Å². The van der Waals surface area contributed by atoms with E-state index in [9.17, 15) is 18.0 Å². The molecule has 0 aliphatic heterocycles. The summed E-state index contributed by atoms with van der Waals surface area (Å²) in [6.07, 6.45) is -0.961. The minimum atomic E-state index is -4.68. The fourth-order valence-corrected chi connectivity index (χ4v) is 3.62. The fraction of sp³-hybridized carbons (Fsp3) is 0.304. The summed E-state index contributed by atoms with van der Waals surface area (Å²) >= 11 is 5.81. The van der Waals surface area contributed by atoms with Crippen LogP contribution in [0.3, 0.4) is 0 Å². The van der Waals surface area contributed by atoms with E-state index in [1.54, 1.807) is 23.0 Å². The third kappa shape index (κ3) is 5.22. The van der Waals surface area contributed by atoms with Crippen LogP contribution in [0.1, 0.15) is 47.9 Å². The van der Waals surface area contributed by atoms with Crippen LogP contribution in [0.4, 0.5) is 13.2 Å². The highest BCUT2D eigenvalue weighted by Crippen LogP contribution is 2.32. The van der Waals surface area contributed by atoms with Crippen LogP contribution < -0.4 is 5.32 Å². The van der Waals surface area contributed by atoms with Gasteiger partial charge in [-0.25, -0.2) is 9.50 Å². The summed E-state index contributed by atoms with van der Waals surface area (Å²) in [4.78, 5) is 16.8. The van der Waals surface area contributed by atoms with Gasteiger partial charge < -0.3 is 5.32 Å². The molecule has 34 heavy (non-hydrogen) atoms. The van der Waals surface area contributed by atoms with Crippen LogP contribution in [0.25, 0.3) is 16.9 Å². The van der Waals surface area contributed by atoms with Gasteiger partial charge in [0.05, 0.1) is 16.9 Å². The molecular weight excluding hydrogens is 469 g/mol. The normalized spacial score (nSPS) is 12.0. The van der Waals surface area contributed by atoms with Gasteiger partial charge in [-0.15, -0.1) is 0 Å². The third-order valence-corrected chi connectivity index (χ3v) is 5.47. The van der Waals surface area contributed by atoms with Gasteiger partial charge in [0, 0.05) is 30.9 Å². The van der Waals surface area contributed by atoms with Gasteiger partial charge in [-0.3, -0.25) is 9.48 Å². The van der Waals surface area contributed by atoms with Crippen molar-refractivity contribution in [3.63, 3.8) is 0 Å². The van der Waals surface area contributed by atoms with Crippen molar-refractivity contribution in [2.75, 3.05) is 6.54 Å². The lowest BCUT2D eigenvalue weighted by Gasteiger charge is -2.11. The second-order valence-electron chi connectivity index (χ2n) is 8.13. The van der Waals surface area contributed by atoms with Gasteiger partial charge in [0.1, 0.15) is 0 Å². The number of aromatic nitrogens is 5. The number of nitrogens with one attached hydrogen (secondary N) is 1. The second-order valence-corrected chi connectivity index (χ2v) is 8.57. The standard InChI is InChI=1S/C23H22ClF3N6O/c1-14(2)15-4-6-16(7-5-15)18-10-20(23(25,26)27)33-21(30-18)11-19(31-33)22(34)28-8-3-9-32-13-17(24)12-29-32/h4-7,10-14H,3,8-9H2,1-2H3,(H,28,34). The molecule has 4 rings (SSSR count). The first kappa shape index (κ1) is 23.7. The Balaban J connectivity index is 1.56. The molecule has 0 radical (unpaired) electrons. The molecule has 3 heterocycles. The first-order chi connectivity index (χ1) is 16.1. The van der Waals surface area contributed by atoms with Crippen LogP contribution in [0.5, 0.6) is 0 Å². The van der Waals surface area contributed by atoms with E-state index in [0.29, 0.717) is 34.0 Å². The Morgan fingerprint density at radius 2 is 1.91 bits per heavy atom. The summed E-state index contributed by atoms with van der Waals surface area (Å²) in [6.45, 7) is 4.88. The van der Waals surface area contributed by atoms with Crippen LogP contribution in [0.2, 0.25) is 5.02 Å². The highest BCUT2D eigenvalue weighted by Gasteiger charge is 2.35. The van der Waals surface area contributed by atoms with Crippen LogP contribution in [0.15, 0.2) is 48.8 Å². The minimum absolute atomic E-state index is 0.0610. The Morgan fingerprint density at radius 1 is 1.18 bits per heavy atom. The maximum Gasteiger partial charge on any atom is 0.433 e. The second kappa shape index (κ2) is 9.46. The van der Waals surface area contributed by atoms with Crippen molar-refractivity contribution in [2.45, 2.75) is 38.9 Å². The number of alkyl halides is 3. The first-order valence-electron chi connectivity index (χ1n) is 10.7. The molecule has 0 bridgehead atoms. The van der Waals surface area contributed by atoms with E-state index in [1.807, 2.05) is 26.0 Å². The monoisotopic (exact) mass is 490 g/mol. The zero-order valence-corrected chi connectivity index (χ0v) is 19.2.